The monoisotopic (exact) mass is 418 g/mol. The summed E-state index contributed by atoms with van der Waals surface area (Å²) in [6, 6.07) is 39.4. The number of benzene rings is 7. The zero-order valence-electron chi connectivity index (χ0n) is 17.8. The van der Waals surface area contributed by atoms with Crippen LogP contribution in [0, 0.1) is 0 Å². The topological polar surface area (TPSA) is 13.1 Å². The Morgan fingerprint density at radius 3 is 1.85 bits per heavy atom. The number of para-hydroxylation sites is 1. The minimum Gasteiger partial charge on any atom is -0.455 e. The van der Waals surface area contributed by atoms with Crippen LogP contribution < -0.4 is 0 Å². The molecule has 8 rings (SSSR count). The van der Waals surface area contributed by atoms with Gasteiger partial charge in [-0.1, -0.05) is 91.0 Å². The molecule has 0 atom stereocenters. The first kappa shape index (κ1) is 17.2. The lowest BCUT2D eigenvalue weighted by atomic mass is 9.91. The van der Waals surface area contributed by atoms with E-state index in [1.54, 1.807) is 0 Å². The zero-order chi connectivity index (χ0) is 21.5. The van der Waals surface area contributed by atoms with Gasteiger partial charge in [-0.15, -0.1) is 0 Å². The van der Waals surface area contributed by atoms with Crippen LogP contribution in [0.4, 0.5) is 0 Å². The van der Waals surface area contributed by atoms with Gasteiger partial charge in [0.05, 0.1) is 0 Å². The zero-order valence-corrected chi connectivity index (χ0v) is 17.8. The normalized spacial score (nSPS) is 12.2. The minimum atomic E-state index is 0.939. The summed E-state index contributed by atoms with van der Waals surface area (Å²) in [4.78, 5) is 0. The third-order valence-electron chi connectivity index (χ3n) is 7.16. The lowest BCUT2D eigenvalue weighted by Gasteiger charge is -2.13. The van der Waals surface area contributed by atoms with Crippen LogP contribution in [0.5, 0.6) is 0 Å². The van der Waals surface area contributed by atoms with Crippen molar-refractivity contribution in [2.45, 2.75) is 0 Å². The lowest BCUT2D eigenvalue weighted by molar-refractivity contribution is 0.670. The van der Waals surface area contributed by atoms with E-state index in [-0.39, 0.29) is 0 Å². The van der Waals surface area contributed by atoms with Gasteiger partial charge in [-0.05, 0) is 66.9 Å². The molecule has 1 heteroatoms. The maximum absolute atomic E-state index is 6.50. The van der Waals surface area contributed by atoms with Crippen LogP contribution in [0.25, 0.3) is 76.2 Å². The molecule has 0 aliphatic carbocycles. The molecule has 0 spiro atoms. The van der Waals surface area contributed by atoms with Gasteiger partial charge in [0.2, 0.25) is 0 Å². The predicted octanol–water partition coefficient (Wildman–Crippen LogP) is 9.30. The quantitative estimate of drug-likeness (QED) is 0.242. The van der Waals surface area contributed by atoms with Crippen LogP contribution in [0.15, 0.2) is 114 Å². The molecule has 7 aromatic carbocycles. The molecule has 0 unspecified atom stereocenters. The summed E-state index contributed by atoms with van der Waals surface area (Å²) >= 11 is 0. The average Bonchev–Trinajstić information content (AvgIpc) is 3.26. The van der Waals surface area contributed by atoms with Crippen LogP contribution in [-0.4, -0.2) is 0 Å². The van der Waals surface area contributed by atoms with E-state index in [0.717, 1.165) is 16.7 Å². The Balaban J connectivity index is 1.48. The first-order valence-corrected chi connectivity index (χ1v) is 11.4. The van der Waals surface area contributed by atoms with Gasteiger partial charge in [0.15, 0.2) is 0 Å². The maximum Gasteiger partial charge on any atom is 0.143 e. The predicted molar refractivity (Wildman–Crippen MR) is 140 cm³/mol. The smallest absolute Gasteiger partial charge is 0.143 e. The summed E-state index contributed by atoms with van der Waals surface area (Å²) in [5.74, 6) is 0. The molecule has 0 saturated heterocycles. The van der Waals surface area contributed by atoms with Crippen molar-refractivity contribution in [2.75, 3.05) is 0 Å². The highest BCUT2D eigenvalue weighted by atomic mass is 16.3. The molecule has 1 aromatic heterocycles. The van der Waals surface area contributed by atoms with E-state index >= 15 is 0 Å². The van der Waals surface area contributed by atoms with Gasteiger partial charge in [0.25, 0.3) is 0 Å². The highest BCUT2D eigenvalue weighted by molar-refractivity contribution is 6.25. The highest BCUT2D eigenvalue weighted by Crippen LogP contribution is 2.42. The summed E-state index contributed by atoms with van der Waals surface area (Å²) in [7, 11) is 0. The second-order valence-corrected chi connectivity index (χ2v) is 8.95. The maximum atomic E-state index is 6.50. The van der Waals surface area contributed by atoms with Crippen molar-refractivity contribution in [2.24, 2.45) is 0 Å². The molecule has 33 heavy (non-hydrogen) atoms. The second kappa shape index (κ2) is 6.11. The van der Waals surface area contributed by atoms with Crippen LogP contribution in [0.3, 0.4) is 0 Å². The second-order valence-electron chi connectivity index (χ2n) is 8.95. The number of hydrogen-bond donors (Lipinski definition) is 0. The van der Waals surface area contributed by atoms with Crippen LogP contribution in [0.2, 0.25) is 0 Å². The standard InChI is InChI=1S/C32H18O/c1-2-8-25-19(5-1)15-16-28-31(25)27-10-4-9-26(32(27)33-28)24-17-22-13-11-20-6-3-7-21-12-14-23(18-24)30(22)29(20)21/h1-18H. The molecule has 0 amide bonds. The van der Waals surface area contributed by atoms with Gasteiger partial charge in [0, 0.05) is 16.3 Å². The number of hydrogen-bond acceptors (Lipinski definition) is 1. The van der Waals surface area contributed by atoms with Crippen molar-refractivity contribution in [3.05, 3.63) is 109 Å². The van der Waals surface area contributed by atoms with E-state index in [1.165, 1.54) is 59.4 Å². The average molecular weight is 418 g/mol. The van der Waals surface area contributed by atoms with Crippen LogP contribution in [-0.2, 0) is 0 Å². The fourth-order valence-corrected chi connectivity index (χ4v) is 5.70. The van der Waals surface area contributed by atoms with Crippen molar-refractivity contribution in [3.63, 3.8) is 0 Å². The molecule has 0 N–H and O–H groups in total. The largest absolute Gasteiger partial charge is 0.455 e. The first-order valence-electron chi connectivity index (χ1n) is 11.4. The van der Waals surface area contributed by atoms with Crippen molar-refractivity contribution < 1.29 is 4.42 Å². The van der Waals surface area contributed by atoms with E-state index in [9.17, 15) is 0 Å². The summed E-state index contributed by atoms with van der Waals surface area (Å²) in [5.41, 5.74) is 4.22. The Bertz CT molecular complexity index is 1960. The van der Waals surface area contributed by atoms with Gasteiger partial charge in [-0.3, -0.25) is 0 Å². The molecular weight excluding hydrogens is 400 g/mol. The summed E-state index contributed by atoms with van der Waals surface area (Å²) in [6.45, 7) is 0. The SMILES string of the molecule is c1ccc2c(c1)ccc1oc3c(-c4cc5ccc6cccc7ccc(c4)c5c67)cccc3c12. The minimum absolute atomic E-state index is 0.939. The number of fused-ring (bicyclic) bond motifs is 5. The molecule has 0 aliphatic rings. The molecule has 0 fully saturated rings. The van der Waals surface area contributed by atoms with E-state index in [1.807, 2.05) is 0 Å². The molecule has 1 nitrogen and oxygen atoms in total. The third kappa shape index (κ3) is 2.26. The van der Waals surface area contributed by atoms with Gasteiger partial charge in [0.1, 0.15) is 11.2 Å². The Labute approximate surface area is 189 Å². The molecule has 152 valence electrons. The molecule has 8 aromatic rings. The van der Waals surface area contributed by atoms with Crippen LogP contribution in [0.1, 0.15) is 0 Å². The summed E-state index contributed by atoms with van der Waals surface area (Å²) < 4.78 is 6.50. The Hall–Kier alpha value is -4.36. The fourth-order valence-electron chi connectivity index (χ4n) is 5.70. The van der Waals surface area contributed by atoms with Gasteiger partial charge in [-0.2, -0.15) is 0 Å². The fraction of sp³-hybridized carbons (Fsp3) is 0. The van der Waals surface area contributed by atoms with Crippen molar-refractivity contribution >= 4 is 65.0 Å². The van der Waals surface area contributed by atoms with Crippen molar-refractivity contribution in [3.8, 4) is 11.1 Å². The molecule has 0 bridgehead atoms. The van der Waals surface area contributed by atoms with E-state index in [4.69, 9.17) is 4.42 Å². The highest BCUT2D eigenvalue weighted by Gasteiger charge is 2.16. The summed E-state index contributed by atoms with van der Waals surface area (Å²) in [5, 5.41) is 12.7. The van der Waals surface area contributed by atoms with Crippen molar-refractivity contribution in [1.82, 2.24) is 0 Å². The van der Waals surface area contributed by atoms with Gasteiger partial charge >= 0.3 is 0 Å². The number of furan rings is 1. The summed E-state index contributed by atoms with van der Waals surface area (Å²) in [6.07, 6.45) is 0. The molecule has 1 heterocycles. The van der Waals surface area contributed by atoms with Crippen LogP contribution >= 0.6 is 0 Å². The molecular formula is C32H18O. The molecule has 0 aliphatic heterocycles. The first-order chi connectivity index (χ1) is 16.3. The number of rotatable bonds is 1. The van der Waals surface area contributed by atoms with E-state index < -0.39 is 0 Å². The van der Waals surface area contributed by atoms with E-state index in [0.29, 0.717) is 0 Å². The van der Waals surface area contributed by atoms with Gasteiger partial charge < -0.3 is 4.42 Å². The van der Waals surface area contributed by atoms with E-state index in [2.05, 4.69) is 109 Å². The Morgan fingerprint density at radius 1 is 0.424 bits per heavy atom. The van der Waals surface area contributed by atoms with Gasteiger partial charge in [-0.25, -0.2) is 0 Å². The third-order valence-corrected chi connectivity index (χ3v) is 7.16. The lowest BCUT2D eigenvalue weighted by Crippen LogP contribution is -1.86. The molecule has 0 radical (unpaired) electrons. The van der Waals surface area contributed by atoms with Crippen molar-refractivity contribution in [1.29, 1.82) is 0 Å². The Morgan fingerprint density at radius 2 is 1.03 bits per heavy atom. The molecule has 0 saturated carbocycles. The Kier molecular flexibility index (Phi) is 3.19.